The Morgan fingerprint density at radius 3 is 2.74 bits per heavy atom. The van der Waals surface area contributed by atoms with Crippen LogP contribution in [-0.2, 0) is 6.42 Å². The van der Waals surface area contributed by atoms with Crippen LogP contribution in [0.15, 0.2) is 54.7 Å². The Kier molecular flexibility index (Phi) is 11.5. The third-order valence-electron chi connectivity index (χ3n) is 7.60. The van der Waals surface area contributed by atoms with E-state index in [0.29, 0.717) is 0 Å². The van der Waals surface area contributed by atoms with Gasteiger partial charge in [0, 0.05) is 48.5 Å². The Balaban J connectivity index is 1.04. The summed E-state index contributed by atoms with van der Waals surface area (Å²) in [6.07, 6.45) is 6.66. The molecule has 2 aromatic carbocycles. The van der Waals surface area contributed by atoms with Crippen molar-refractivity contribution in [3.63, 3.8) is 0 Å². The molecule has 1 aliphatic heterocycles. The van der Waals surface area contributed by atoms with E-state index in [1.165, 1.54) is 51.0 Å². The standard InChI is InChI=1S/C31H44ClN5O/c1-3-36(18-5-19-37-20-13-26(24-37)22-25-6-9-28(38-2)10-7-25)21-17-33-14-4-15-34-30-12-16-35-31-23-27(32)8-11-29(30)31/h6-12,16,23,26,33H,3-5,13-15,17-22,24H2,1-2H3,(H,34,35). The number of fused-ring (bicyclic) bond motifs is 1. The number of hydrogen-bond donors (Lipinski definition) is 2. The van der Waals surface area contributed by atoms with Crippen molar-refractivity contribution in [2.75, 3.05) is 71.3 Å². The summed E-state index contributed by atoms with van der Waals surface area (Å²) >= 11 is 6.10. The second kappa shape index (κ2) is 15.3. The Labute approximate surface area is 233 Å². The van der Waals surface area contributed by atoms with E-state index in [2.05, 4.69) is 56.6 Å². The highest BCUT2D eigenvalue weighted by Crippen LogP contribution is 2.24. The first kappa shape index (κ1) is 28.6. The molecule has 7 heteroatoms. The molecule has 3 aromatic rings. The van der Waals surface area contributed by atoms with Crippen molar-refractivity contribution in [2.45, 2.75) is 32.6 Å². The van der Waals surface area contributed by atoms with Crippen LogP contribution in [0.2, 0.25) is 5.02 Å². The van der Waals surface area contributed by atoms with Crippen molar-refractivity contribution < 1.29 is 4.74 Å². The summed E-state index contributed by atoms with van der Waals surface area (Å²) in [5, 5.41) is 9.01. The second-order valence-electron chi connectivity index (χ2n) is 10.3. The van der Waals surface area contributed by atoms with Gasteiger partial charge in [0.05, 0.1) is 12.6 Å². The van der Waals surface area contributed by atoms with Crippen LogP contribution in [-0.4, -0.2) is 80.8 Å². The summed E-state index contributed by atoms with van der Waals surface area (Å²) in [4.78, 5) is 9.65. The van der Waals surface area contributed by atoms with Crippen molar-refractivity contribution in [3.05, 3.63) is 65.3 Å². The highest BCUT2D eigenvalue weighted by molar-refractivity contribution is 6.31. The van der Waals surface area contributed by atoms with Gasteiger partial charge in [-0.05, 0) is 106 Å². The van der Waals surface area contributed by atoms with Gasteiger partial charge < -0.3 is 25.2 Å². The molecule has 38 heavy (non-hydrogen) atoms. The lowest BCUT2D eigenvalue weighted by atomic mass is 9.99. The summed E-state index contributed by atoms with van der Waals surface area (Å²) in [6, 6.07) is 16.5. The first-order valence-corrected chi connectivity index (χ1v) is 14.6. The summed E-state index contributed by atoms with van der Waals surface area (Å²) in [7, 11) is 1.73. The average molecular weight is 538 g/mol. The maximum absolute atomic E-state index is 6.10. The van der Waals surface area contributed by atoms with Gasteiger partial charge in [0.2, 0.25) is 0 Å². The molecule has 1 aliphatic rings. The maximum atomic E-state index is 6.10. The molecule has 4 rings (SSSR count). The molecule has 2 N–H and O–H groups in total. The van der Waals surface area contributed by atoms with Crippen molar-refractivity contribution in [1.82, 2.24) is 20.1 Å². The number of ether oxygens (including phenoxy) is 1. The predicted molar refractivity (Wildman–Crippen MR) is 161 cm³/mol. The molecule has 0 aliphatic carbocycles. The zero-order valence-electron chi connectivity index (χ0n) is 23.1. The molecule has 1 saturated heterocycles. The molecular weight excluding hydrogens is 494 g/mol. The average Bonchev–Trinajstić information content (AvgIpc) is 3.38. The summed E-state index contributed by atoms with van der Waals surface area (Å²) in [5.41, 5.74) is 3.47. The topological polar surface area (TPSA) is 52.7 Å². The number of pyridine rings is 1. The molecule has 1 atom stereocenters. The summed E-state index contributed by atoms with van der Waals surface area (Å²) in [6.45, 7) is 12.4. The Hall–Kier alpha value is -2.38. The monoisotopic (exact) mass is 537 g/mol. The van der Waals surface area contributed by atoms with E-state index in [4.69, 9.17) is 16.3 Å². The van der Waals surface area contributed by atoms with Crippen LogP contribution in [0.4, 0.5) is 5.69 Å². The van der Waals surface area contributed by atoms with Gasteiger partial charge in [0.25, 0.3) is 0 Å². The van der Waals surface area contributed by atoms with E-state index in [-0.39, 0.29) is 0 Å². The molecule has 6 nitrogen and oxygen atoms in total. The fourth-order valence-corrected chi connectivity index (χ4v) is 5.56. The molecule has 1 aromatic heterocycles. The largest absolute Gasteiger partial charge is 0.497 e. The van der Waals surface area contributed by atoms with Crippen molar-refractivity contribution >= 4 is 28.2 Å². The lowest BCUT2D eigenvalue weighted by Gasteiger charge is -2.23. The van der Waals surface area contributed by atoms with Gasteiger partial charge in [0.1, 0.15) is 5.75 Å². The third kappa shape index (κ3) is 8.84. The molecular formula is C31H44ClN5O. The van der Waals surface area contributed by atoms with E-state index in [0.717, 1.165) is 72.4 Å². The van der Waals surface area contributed by atoms with E-state index in [1.807, 2.05) is 30.5 Å². The third-order valence-corrected chi connectivity index (χ3v) is 7.84. The van der Waals surface area contributed by atoms with Crippen molar-refractivity contribution in [2.24, 2.45) is 5.92 Å². The quantitative estimate of drug-likeness (QED) is 0.233. The molecule has 0 bridgehead atoms. The Morgan fingerprint density at radius 1 is 1.05 bits per heavy atom. The predicted octanol–water partition coefficient (Wildman–Crippen LogP) is 5.57. The molecule has 1 unspecified atom stereocenters. The van der Waals surface area contributed by atoms with Crippen LogP contribution < -0.4 is 15.4 Å². The molecule has 0 radical (unpaired) electrons. The SMILES string of the molecule is CCN(CCCN1CCC(Cc2ccc(OC)cc2)C1)CCNCCCNc1ccnc2cc(Cl)ccc12. The minimum atomic E-state index is 0.720. The van der Waals surface area contributed by atoms with Crippen molar-refractivity contribution in [3.8, 4) is 5.75 Å². The highest BCUT2D eigenvalue weighted by atomic mass is 35.5. The van der Waals surface area contributed by atoms with E-state index in [1.54, 1.807) is 7.11 Å². The van der Waals surface area contributed by atoms with Gasteiger partial charge in [-0.25, -0.2) is 0 Å². The number of anilines is 1. The van der Waals surface area contributed by atoms with Crippen LogP contribution in [0, 0.1) is 5.92 Å². The molecule has 0 spiro atoms. The minimum Gasteiger partial charge on any atom is -0.497 e. The zero-order valence-corrected chi connectivity index (χ0v) is 23.8. The van der Waals surface area contributed by atoms with Gasteiger partial charge in [-0.15, -0.1) is 0 Å². The lowest BCUT2D eigenvalue weighted by molar-refractivity contribution is 0.250. The van der Waals surface area contributed by atoms with Crippen LogP contribution in [0.3, 0.4) is 0 Å². The van der Waals surface area contributed by atoms with Crippen LogP contribution in [0.25, 0.3) is 10.9 Å². The first-order chi connectivity index (χ1) is 18.6. The van der Waals surface area contributed by atoms with Crippen LogP contribution in [0.1, 0.15) is 31.7 Å². The first-order valence-electron chi connectivity index (χ1n) is 14.2. The Bertz CT molecular complexity index is 1110. The highest BCUT2D eigenvalue weighted by Gasteiger charge is 2.22. The van der Waals surface area contributed by atoms with Gasteiger partial charge in [-0.3, -0.25) is 4.98 Å². The second-order valence-corrected chi connectivity index (χ2v) is 10.8. The minimum absolute atomic E-state index is 0.720. The smallest absolute Gasteiger partial charge is 0.118 e. The number of nitrogens with one attached hydrogen (secondary N) is 2. The lowest BCUT2D eigenvalue weighted by Crippen LogP contribution is -2.35. The number of likely N-dealkylation sites (N-methyl/N-ethyl adjacent to an activating group) is 1. The fraction of sp³-hybridized carbons (Fsp3) is 0.516. The van der Waals surface area contributed by atoms with Gasteiger partial charge in [-0.2, -0.15) is 0 Å². The van der Waals surface area contributed by atoms with Gasteiger partial charge in [0.15, 0.2) is 0 Å². The normalized spacial score (nSPS) is 15.9. The molecule has 1 fully saturated rings. The molecule has 0 amide bonds. The van der Waals surface area contributed by atoms with Gasteiger partial charge >= 0.3 is 0 Å². The number of aromatic nitrogens is 1. The van der Waals surface area contributed by atoms with E-state index >= 15 is 0 Å². The van der Waals surface area contributed by atoms with Gasteiger partial charge in [-0.1, -0.05) is 30.7 Å². The maximum Gasteiger partial charge on any atom is 0.118 e. The summed E-state index contributed by atoms with van der Waals surface area (Å²) in [5.74, 6) is 1.72. The number of likely N-dealkylation sites (tertiary alicyclic amines) is 1. The number of rotatable bonds is 16. The van der Waals surface area contributed by atoms with E-state index in [9.17, 15) is 0 Å². The molecule has 206 valence electrons. The molecule has 2 heterocycles. The van der Waals surface area contributed by atoms with Crippen LogP contribution >= 0.6 is 11.6 Å². The fourth-order valence-electron chi connectivity index (χ4n) is 5.40. The number of halogens is 1. The summed E-state index contributed by atoms with van der Waals surface area (Å²) < 4.78 is 5.28. The van der Waals surface area contributed by atoms with E-state index < -0.39 is 0 Å². The molecule has 0 saturated carbocycles. The Morgan fingerprint density at radius 2 is 1.92 bits per heavy atom. The van der Waals surface area contributed by atoms with Crippen LogP contribution in [0.5, 0.6) is 5.75 Å². The number of nitrogens with zero attached hydrogens (tertiary/aromatic N) is 3. The number of benzene rings is 2. The van der Waals surface area contributed by atoms with Crippen molar-refractivity contribution in [1.29, 1.82) is 0 Å². The number of hydrogen-bond acceptors (Lipinski definition) is 6. The zero-order chi connectivity index (χ0) is 26.6. The number of methoxy groups -OCH3 is 1.